The number of ether oxygens (including phenoxy) is 1. The second-order valence-electron chi connectivity index (χ2n) is 5.32. The number of hydrogen-bond donors (Lipinski definition) is 1. The molecule has 0 amide bonds. The van der Waals surface area contributed by atoms with Crippen molar-refractivity contribution in [1.82, 2.24) is 5.32 Å². The quantitative estimate of drug-likeness (QED) is 0.854. The number of nitrogens with one attached hydrogen (secondary N) is 1. The van der Waals surface area contributed by atoms with Crippen LogP contribution < -0.4 is 10.1 Å². The number of methoxy groups -OCH3 is 1. The highest BCUT2D eigenvalue weighted by atomic mass is 32.2. The van der Waals surface area contributed by atoms with Gasteiger partial charge in [0.2, 0.25) is 0 Å². The van der Waals surface area contributed by atoms with E-state index in [2.05, 4.69) is 36.5 Å². The van der Waals surface area contributed by atoms with Crippen LogP contribution in [0.15, 0.2) is 36.4 Å². The predicted octanol–water partition coefficient (Wildman–Crippen LogP) is 3.10. The minimum atomic E-state index is -0.727. The van der Waals surface area contributed by atoms with Crippen LogP contribution in [0.1, 0.15) is 18.9 Å². The zero-order valence-corrected chi connectivity index (χ0v) is 13.7. The van der Waals surface area contributed by atoms with E-state index < -0.39 is 10.8 Å². The lowest BCUT2D eigenvalue weighted by molar-refractivity contribution is 0.406. The summed E-state index contributed by atoms with van der Waals surface area (Å²) in [4.78, 5) is 0. The lowest BCUT2D eigenvalue weighted by Crippen LogP contribution is -2.27. The van der Waals surface area contributed by atoms with E-state index in [0.29, 0.717) is 6.04 Å². The van der Waals surface area contributed by atoms with Crippen molar-refractivity contribution in [2.45, 2.75) is 25.9 Å². The average Bonchev–Trinajstić information content (AvgIpc) is 2.50. The summed E-state index contributed by atoms with van der Waals surface area (Å²) < 4.78 is 16.7. The summed E-state index contributed by atoms with van der Waals surface area (Å²) in [5.41, 5.74) is 1.18. The van der Waals surface area contributed by atoms with E-state index in [0.717, 1.165) is 24.5 Å². The van der Waals surface area contributed by atoms with E-state index >= 15 is 0 Å². The Kier molecular flexibility index (Phi) is 5.76. The van der Waals surface area contributed by atoms with Crippen LogP contribution in [-0.4, -0.2) is 29.4 Å². The van der Waals surface area contributed by atoms with Crippen molar-refractivity contribution >= 4 is 21.6 Å². The van der Waals surface area contributed by atoms with Crippen LogP contribution in [0.3, 0.4) is 0 Å². The molecule has 0 saturated heterocycles. The standard InChI is InChI=1S/C17H23NO2S/c1-13(10-11-21(3)19)18-12-16-15-7-5-4-6-14(15)8-9-17(16)20-2/h4-9,13,18H,10-12H2,1-3H3. The summed E-state index contributed by atoms with van der Waals surface area (Å²) in [6.45, 7) is 2.88. The fourth-order valence-electron chi connectivity index (χ4n) is 2.41. The number of hydrogen-bond acceptors (Lipinski definition) is 3. The molecule has 1 N–H and O–H groups in total. The molecule has 0 aliphatic carbocycles. The molecular formula is C17H23NO2S. The van der Waals surface area contributed by atoms with E-state index in [9.17, 15) is 4.21 Å². The molecule has 2 unspecified atom stereocenters. The van der Waals surface area contributed by atoms with E-state index in [4.69, 9.17) is 4.74 Å². The van der Waals surface area contributed by atoms with Crippen molar-refractivity contribution in [1.29, 1.82) is 0 Å². The van der Waals surface area contributed by atoms with Crippen molar-refractivity contribution in [2.75, 3.05) is 19.1 Å². The van der Waals surface area contributed by atoms with Gasteiger partial charge in [0.15, 0.2) is 0 Å². The van der Waals surface area contributed by atoms with E-state index in [-0.39, 0.29) is 0 Å². The van der Waals surface area contributed by atoms with Gasteiger partial charge < -0.3 is 10.1 Å². The smallest absolute Gasteiger partial charge is 0.123 e. The zero-order valence-electron chi connectivity index (χ0n) is 12.9. The van der Waals surface area contributed by atoms with E-state index in [1.807, 2.05) is 12.1 Å². The first-order valence-electron chi connectivity index (χ1n) is 7.20. The second kappa shape index (κ2) is 7.57. The molecule has 114 valence electrons. The highest BCUT2D eigenvalue weighted by Crippen LogP contribution is 2.27. The zero-order chi connectivity index (χ0) is 15.2. The highest BCUT2D eigenvalue weighted by Gasteiger charge is 2.10. The van der Waals surface area contributed by atoms with Gasteiger partial charge in [-0.1, -0.05) is 30.3 Å². The minimum Gasteiger partial charge on any atom is -0.496 e. The monoisotopic (exact) mass is 305 g/mol. The molecule has 0 radical (unpaired) electrons. The molecular weight excluding hydrogens is 282 g/mol. The first-order chi connectivity index (χ1) is 10.1. The molecule has 2 aromatic rings. The van der Waals surface area contributed by atoms with Gasteiger partial charge in [-0.15, -0.1) is 0 Å². The molecule has 0 aromatic heterocycles. The van der Waals surface area contributed by atoms with Crippen LogP contribution in [-0.2, 0) is 17.3 Å². The van der Waals surface area contributed by atoms with Gasteiger partial charge in [-0.3, -0.25) is 4.21 Å². The summed E-state index contributed by atoms with van der Waals surface area (Å²) in [7, 11) is 0.978. The van der Waals surface area contributed by atoms with Gasteiger partial charge in [0, 0.05) is 41.0 Å². The predicted molar refractivity (Wildman–Crippen MR) is 90.4 cm³/mol. The fraction of sp³-hybridized carbons (Fsp3) is 0.412. The van der Waals surface area contributed by atoms with Crippen molar-refractivity contribution in [3.05, 3.63) is 42.0 Å². The molecule has 2 rings (SSSR count). The SMILES string of the molecule is COc1ccc2ccccc2c1CNC(C)CCS(C)=O. The summed E-state index contributed by atoms with van der Waals surface area (Å²) >= 11 is 0. The topological polar surface area (TPSA) is 38.3 Å². The first-order valence-corrected chi connectivity index (χ1v) is 8.92. The lowest BCUT2D eigenvalue weighted by atomic mass is 10.0. The van der Waals surface area contributed by atoms with Crippen LogP contribution in [0.25, 0.3) is 10.8 Å². The maximum atomic E-state index is 11.2. The van der Waals surface area contributed by atoms with E-state index in [1.54, 1.807) is 13.4 Å². The Balaban J connectivity index is 2.14. The number of benzene rings is 2. The van der Waals surface area contributed by atoms with Crippen molar-refractivity contribution in [3.63, 3.8) is 0 Å². The normalized spacial score (nSPS) is 14.0. The van der Waals surface area contributed by atoms with Gasteiger partial charge >= 0.3 is 0 Å². The average molecular weight is 305 g/mol. The van der Waals surface area contributed by atoms with Gasteiger partial charge in [0.1, 0.15) is 5.75 Å². The minimum absolute atomic E-state index is 0.331. The number of rotatable bonds is 7. The number of fused-ring (bicyclic) bond motifs is 1. The summed E-state index contributed by atoms with van der Waals surface area (Å²) in [5.74, 6) is 1.65. The largest absolute Gasteiger partial charge is 0.496 e. The second-order valence-corrected chi connectivity index (χ2v) is 6.87. The Morgan fingerprint density at radius 1 is 1.24 bits per heavy atom. The van der Waals surface area contributed by atoms with Gasteiger partial charge in [-0.05, 0) is 30.2 Å². The third-order valence-corrected chi connectivity index (χ3v) is 4.49. The van der Waals surface area contributed by atoms with Crippen LogP contribution >= 0.6 is 0 Å². The summed E-state index contributed by atoms with van der Waals surface area (Å²) in [6.07, 6.45) is 2.66. The molecule has 4 heteroatoms. The fourth-order valence-corrected chi connectivity index (χ4v) is 3.10. The van der Waals surface area contributed by atoms with Crippen LogP contribution in [0.5, 0.6) is 5.75 Å². The van der Waals surface area contributed by atoms with Gasteiger partial charge in [-0.25, -0.2) is 0 Å². The Bertz CT molecular complexity index is 627. The summed E-state index contributed by atoms with van der Waals surface area (Å²) in [5, 5.41) is 5.94. The molecule has 0 bridgehead atoms. The van der Waals surface area contributed by atoms with Crippen molar-refractivity contribution in [2.24, 2.45) is 0 Å². The third kappa shape index (κ3) is 4.29. The van der Waals surface area contributed by atoms with E-state index in [1.165, 1.54) is 16.3 Å². The molecule has 0 aliphatic heterocycles. The first kappa shape index (κ1) is 16.0. The Labute approximate surface area is 129 Å². The Morgan fingerprint density at radius 2 is 2.00 bits per heavy atom. The molecule has 0 fully saturated rings. The van der Waals surface area contributed by atoms with Crippen molar-refractivity contribution < 1.29 is 8.95 Å². The molecule has 0 spiro atoms. The molecule has 2 aromatic carbocycles. The van der Waals surface area contributed by atoms with Gasteiger partial charge in [0.05, 0.1) is 7.11 Å². The van der Waals surface area contributed by atoms with Gasteiger partial charge in [-0.2, -0.15) is 0 Å². The molecule has 2 atom stereocenters. The maximum Gasteiger partial charge on any atom is 0.123 e. The molecule has 3 nitrogen and oxygen atoms in total. The van der Waals surface area contributed by atoms with Crippen molar-refractivity contribution in [3.8, 4) is 5.75 Å². The highest BCUT2D eigenvalue weighted by molar-refractivity contribution is 7.84. The van der Waals surface area contributed by atoms with Crippen LogP contribution in [0, 0.1) is 0 Å². The molecule has 21 heavy (non-hydrogen) atoms. The Hall–Kier alpha value is -1.39. The molecule has 0 saturated carbocycles. The van der Waals surface area contributed by atoms with Gasteiger partial charge in [0.25, 0.3) is 0 Å². The maximum absolute atomic E-state index is 11.2. The summed E-state index contributed by atoms with van der Waals surface area (Å²) in [6, 6.07) is 12.8. The van der Waals surface area contributed by atoms with Crippen LogP contribution in [0.4, 0.5) is 0 Å². The third-order valence-electron chi connectivity index (χ3n) is 3.68. The lowest BCUT2D eigenvalue weighted by Gasteiger charge is -2.16. The molecule has 0 heterocycles. The Morgan fingerprint density at radius 3 is 2.71 bits per heavy atom. The van der Waals surface area contributed by atoms with Crippen LogP contribution in [0.2, 0.25) is 0 Å². The molecule has 0 aliphatic rings.